The first-order valence-electron chi connectivity index (χ1n) is 8.73. The topological polar surface area (TPSA) is 26.5 Å². The molecule has 0 radical (unpaired) electrons. The minimum Gasteiger partial charge on any atom is -0.497 e. The lowest BCUT2D eigenvalue weighted by molar-refractivity contribution is 0.415. The fourth-order valence-electron chi connectivity index (χ4n) is 3.11. The number of hydrogen-bond donors (Lipinski definition) is 0. The second-order valence-electron chi connectivity index (χ2n) is 6.35. The van der Waals surface area contributed by atoms with Gasteiger partial charge in [-0.15, -0.1) is 0 Å². The largest absolute Gasteiger partial charge is 0.497 e. The molecule has 27 heavy (non-hydrogen) atoms. The highest BCUT2D eigenvalue weighted by atomic mass is 19.1. The predicted octanol–water partition coefficient (Wildman–Crippen LogP) is 5.59. The van der Waals surface area contributed by atoms with E-state index in [-0.39, 0.29) is 5.82 Å². The Kier molecular flexibility index (Phi) is 4.71. The predicted molar refractivity (Wildman–Crippen MR) is 108 cm³/mol. The monoisotopic (exact) mass is 358 g/mol. The van der Waals surface area contributed by atoms with Crippen molar-refractivity contribution in [3.8, 4) is 5.75 Å². The highest BCUT2D eigenvalue weighted by Gasteiger charge is 2.04. The zero-order valence-corrected chi connectivity index (χ0v) is 15.0. The summed E-state index contributed by atoms with van der Waals surface area (Å²) in [7, 11) is 1.64. The van der Waals surface area contributed by atoms with Crippen LogP contribution >= 0.6 is 0 Å². The van der Waals surface area contributed by atoms with Gasteiger partial charge in [0.2, 0.25) is 0 Å². The molecule has 4 heteroatoms. The van der Waals surface area contributed by atoms with Crippen molar-refractivity contribution in [3.63, 3.8) is 0 Å². The summed E-state index contributed by atoms with van der Waals surface area (Å²) < 4.78 is 20.7. The number of methoxy groups -OCH3 is 1. The number of aromatic nitrogens is 1. The van der Waals surface area contributed by atoms with Gasteiger partial charge in [-0.05, 0) is 53.6 Å². The lowest BCUT2D eigenvalue weighted by Gasteiger charge is -2.06. The highest BCUT2D eigenvalue weighted by molar-refractivity contribution is 5.90. The van der Waals surface area contributed by atoms with E-state index in [9.17, 15) is 4.39 Å². The summed E-state index contributed by atoms with van der Waals surface area (Å²) in [4.78, 5) is 4.52. The maximum atomic E-state index is 13.4. The van der Waals surface area contributed by atoms with E-state index in [1.54, 1.807) is 19.2 Å². The molecule has 0 bridgehead atoms. The van der Waals surface area contributed by atoms with Crippen LogP contribution in [0.3, 0.4) is 0 Å². The molecule has 4 aromatic rings. The Morgan fingerprint density at radius 2 is 1.89 bits per heavy atom. The molecule has 0 fully saturated rings. The summed E-state index contributed by atoms with van der Waals surface area (Å²) in [5.74, 6) is 0.578. The number of rotatable bonds is 5. The number of nitrogens with zero attached hydrogens (tertiary/aromatic N) is 2. The van der Waals surface area contributed by atoms with E-state index in [4.69, 9.17) is 4.74 Å². The minimum atomic E-state index is -0.208. The van der Waals surface area contributed by atoms with Crippen LogP contribution in [-0.2, 0) is 6.54 Å². The molecule has 3 nitrogen and oxygen atoms in total. The molecular weight excluding hydrogens is 339 g/mol. The number of halogens is 1. The van der Waals surface area contributed by atoms with E-state index < -0.39 is 0 Å². The van der Waals surface area contributed by atoms with Gasteiger partial charge in [-0.3, -0.25) is 4.99 Å². The first-order chi connectivity index (χ1) is 13.2. The van der Waals surface area contributed by atoms with Crippen molar-refractivity contribution in [2.24, 2.45) is 4.99 Å². The smallest absolute Gasteiger partial charge is 0.123 e. The highest BCUT2D eigenvalue weighted by Crippen LogP contribution is 2.21. The average Bonchev–Trinajstić information content (AvgIpc) is 3.08. The normalized spacial score (nSPS) is 11.3. The summed E-state index contributed by atoms with van der Waals surface area (Å²) in [5.41, 5.74) is 3.92. The number of hydrogen-bond acceptors (Lipinski definition) is 2. The van der Waals surface area contributed by atoms with Gasteiger partial charge >= 0.3 is 0 Å². The van der Waals surface area contributed by atoms with Crippen molar-refractivity contribution in [1.82, 2.24) is 4.57 Å². The molecule has 0 aliphatic carbocycles. The van der Waals surface area contributed by atoms with Crippen LogP contribution in [0, 0.1) is 5.82 Å². The zero-order valence-electron chi connectivity index (χ0n) is 15.0. The van der Waals surface area contributed by atoms with Gasteiger partial charge in [-0.1, -0.05) is 24.3 Å². The van der Waals surface area contributed by atoms with E-state index in [0.29, 0.717) is 6.54 Å². The standard InChI is InChI=1S/C23H19FN2O/c1-27-22-7-3-6-21(14-22)25-15-17-8-9-23-19(12-17)10-11-26(23)16-18-4-2-5-20(24)13-18/h2-15H,16H2,1H3. The summed E-state index contributed by atoms with van der Waals surface area (Å²) in [6.07, 6.45) is 3.87. The molecular formula is C23H19FN2O. The van der Waals surface area contributed by atoms with Crippen molar-refractivity contribution in [1.29, 1.82) is 0 Å². The van der Waals surface area contributed by atoms with Crippen molar-refractivity contribution >= 4 is 22.8 Å². The maximum Gasteiger partial charge on any atom is 0.123 e. The molecule has 134 valence electrons. The van der Waals surface area contributed by atoms with Gasteiger partial charge in [0.05, 0.1) is 12.8 Å². The molecule has 0 aliphatic heterocycles. The summed E-state index contributed by atoms with van der Waals surface area (Å²) in [5, 5.41) is 1.13. The van der Waals surface area contributed by atoms with Crippen LogP contribution in [0.5, 0.6) is 5.75 Å². The Hall–Kier alpha value is -3.40. The number of benzene rings is 3. The molecule has 3 aromatic carbocycles. The van der Waals surface area contributed by atoms with Gasteiger partial charge in [0.25, 0.3) is 0 Å². The second kappa shape index (κ2) is 7.46. The number of fused-ring (bicyclic) bond motifs is 1. The Morgan fingerprint density at radius 1 is 1.00 bits per heavy atom. The molecule has 0 unspecified atom stereocenters. The van der Waals surface area contributed by atoms with E-state index in [0.717, 1.165) is 33.5 Å². The summed E-state index contributed by atoms with van der Waals surface area (Å²) >= 11 is 0. The van der Waals surface area contributed by atoms with Crippen LogP contribution in [0.2, 0.25) is 0 Å². The molecule has 0 aliphatic rings. The SMILES string of the molecule is COc1cccc(N=Cc2ccc3c(ccn3Cc3cccc(F)c3)c2)c1. The molecule has 0 amide bonds. The van der Waals surface area contributed by atoms with Crippen molar-refractivity contribution in [2.45, 2.75) is 6.54 Å². The van der Waals surface area contributed by atoms with Crippen LogP contribution in [0.15, 0.2) is 84.0 Å². The Balaban J connectivity index is 1.57. The molecule has 1 aromatic heterocycles. The third-order valence-electron chi connectivity index (χ3n) is 4.45. The van der Waals surface area contributed by atoms with Gasteiger partial charge in [-0.25, -0.2) is 4.39 Å². The minimum absolute atomic E-state index is 0.208. The fourth-order valence-corrected chi connectivity index (χ4v) is 3.11. The molecule has 4 rings (SSSR count). The number of ether oxygens (including phenoxy) is 1. The summed E-state index contributed by atoms with van der Waals surface area (Å²) in [6.45, 7) is 0.637. The van der Waals surface area contributed by atoms with Gasteiger partial charge in [0, 0.05) is 35.9 Å². The van der Waals surface area contributed by atoms with E-state index in [1.165, 1.54) is 6.07 Å². The van der Waals surface area contributed by atoms with Gasteiger partial charge in [0.15, 0.2) is 0 Å². The first kappa shape index (κ1) is 17.0. The van der Waals surface area contributed by atoms with Crippen LogP contribution < -0.4 is 4.74 Å². The third kappa shape index (κ3) is 3.90. The zero-order chi connectivity index (χ0) is 18.6. The second-order valence-corrected chi connectivity index (χ2v) is 6.35. The fraction of sp³-hybridized carbons (Fsp3) is 0.0870. The Morgan fingerprint density at radius 3 is 2.74 bits per heavy atom. The average molecular weight is 358 g/mol. The van der Waals surface area contributed by atoms with Crippen molar-refractivity contribution < 1.29 is 9.13 Å². The lowest BCUT2D eigenvalue weighted by atomic mass is 10.1. The molecule has 0 N–H and O–H groups in total. The Labute approximate surface area is 157 Å². The lowest BCUT2D eigenvalue weighted by Crippen LogP contribution is -1.98. The van der Waals surface area contributed by atoms with Gasteiger partial charge in [0.1, 0.15) is 11.6 Å². The quantitative estimate of drug-likeness (QED) is 0.427. The van der Waals surface area contributed by atoms with E-state index in [1.807, 2.05) is 48.8 Å². The maximum absolute atomic E-state index is 13.4. The van der Waals surface area contributed by atoms with Crippen LogP contribution in [0.25, 0.3) is 10.9 Å². The van der Waals surface area contributed by atoms with Crippen molar-refractivity contribution in [2.75, 3.05) is 7.11 Å². The van der Waals surface area contributed by atoms with Crippen molar-refractivity contribution in [3.05, 3.63) is 95.9 Å². The van der Waals surface area contributed by atoms with Crippen LogP contribution in [0.4, 0.5) is 10.1 Å². The van der Waals surface area contributed by atoms with Crippen LogP contribution in [-0.4, -0.2) is 17.9 Å². The molecule has 1 heterocycles. The van der Waals surface area contributed by atoms with Gasteiger partial charge in [-0.2, -0.15) is 0 Å². The first-order valence-corrected chi connectivity index (χ1v) is 8.73. The Bertz CT molecular complexity index is 1110. The molecule has 0 saturated carbocycles. The van der Waals surface area contributed by atoms with E-state index >= 15 is 0 Å². The number of aliphatic imine (C=N–C) groups is 1. The van der Waals surface area contributed by atoms with Gasteiger partial charge < -0.3 is 9.30 Å². The van der Waals surface area contributed by atoms with E-state index in [2.05, 4.69) is 27.8 Å². The van der Waals surface area contributed by atoms with Crippen LogP contribution in [0.1, 0.15) is 11.1 Å². The molecule has 0 atom stereocenters. The molecule has 0 spiro atoms. The summed E-state index contributed by atoms with van der Waals surface area (Å²) in [6, 6.07) is 22.6. The third-order valence-corrected chi connectivity index (χ3v) is 4.45. The molecule has 0 saturated heterocycles.